The SMILES string of the molecule is CCc1ccccc1-n1cc(C(=O)NC2CCNC23CC3)nn1. The number of nitrogens with one attached hydrogen (secondary N) is 2. The van der Waals surface area contributed by atoms with Crippen LogP contribution >= 0.6 is 0 Å². The molecule has 1 saturated heterocycles. The minimum absolute atomic E-state index is 0.134. The predicted molar refractivity (Wildman–Crippen MR) is 86.6 cm³/mol. The minimum Gasteiger partial charge on any atom is -0.346 e. The zero-order chi connectivity index (χ0) is 15.9. The number of amides is 1. The van der Waals surface area contributed by atoms with E-state index in [1.807, 2.05) is 18.2 Å². The fourth-order valence-corrected chi connectivity index (χ4v) is 3.49. The van der Waals surface area contributed by atoms with Crippen molar-refractivity contribution >= 4 is 5.91 Å². The molecule has 1 atom stereocenters. The number of hydrogen-bond acceptors (Lipinski definition) is 4. The van der Waals surface area contributed by atoms with Gasteiger partial charge in [0.05, 0.1) is 11.9 Å². The summed E-state index contributed by atoms with van der Waals surface area (Å²) in [5, 5.41) is 14.8. The van der Waals surface area contributed by atoms with Crippen LogP contribution in [-0.2, 0) is 6.42 Å². The van der Waals surface area contributed by atoms with Gasteiger partial charge in [-0.3, -0.25) is 4.79 Å². The van der Waals surface area contributed by atoms with Gasteiger partial charge in [0.2, 0.25) is 0 Å². The molecule has 1 aliphatic carbocycles. The monoisotopic (exact) mass is 311 g/mol. The normalized spacial score (nSPS) is 21.5. The Hall–Kier alpha value is -2.21. The van der Waals surface area contributed by atoms with Crippen molar-refractivity contribution in [2.75, 3.05) is 6.54 Å². The Morgan fingerprint density at radius 2 is 2.26 bits per heavy atom. The van der Waals surface area contributed by atoms with Crippen molar-refractivity contribution in [3.63, 3.8) is 0 Å². The lowest BCUT2D eigenvalue weighted by molar-refractivity contribution is 0.0926. The van der Waals surface area contributed by atoms with Gasteiger partial charge in [-0.2, -0.15) is 0 Å². The van der Waals surface area contributed by atoms with Crippen LogP contribution in [0.3, 0.4) is 0 Å². The van der Waals surface area contributed by atoms with Crippen LogP contribution < -0.4 is 10.6 Å². The van der Waals surface area contributed by atoms with Crippen LogP contribution in [-0.4, -0.2) is 39.0 Å². The molecule has 120 valence electrons. The van der Waals surface area contributed by atoms with E-state index < -0.39 is 0 Å². The van der Waals surface area contributed by atoms with Crippen molar-refractivity contribution in [1.29, 1.82) is 0 Å². The van der Waals surface area contributed by atoms with E-state index in [0.717, 1.165) is 37.9 Å². The Bertz CT molecular complexity index is 734. The lowest BCUT2D eigenvalue weighted by Crippen LogP contribution is -2.45. The van der Waals surface area contributed by atoms with Gasteiger partial charge >= 0.3 is 0 Å². The van der Waals surface area contributed by atoms with Crippen LogP contribution in [0.5, 0.6) is 0 Å². The highest BCUT2D eigenvalue weighted by Crippen LogP contribution is 2.42. The quantitative estimate of drug-likeness (QED) is 0.896. The Morgan fingerprint density at radius 1 is 1.43 bits per heavy atom. The van der Waals surface area contributed by atoms with Crippen LogP contribution in [0.15, 0.2) is 30.5 Å². The summed E-state index contributed by atoms with van der Waals surface area (Å²) in [4.78, 5) is 12.5. The zero-order valence-electron chi connectivity index (χ0n) is 13.2. The van der Waals surface area contributed by atoms with Gasteiger partial charge in [-0.05, 0) is 43.9 Å². The van der Waals surface area contributed by atoms with E-state index in [1.165, 1.54) is 5.56 Å². The molecule has 2 fully saturated rings. The van der Waals surface area contributed by atoms with Gasteiger partial charge in [0.15, 0.2) is 5.69 Å². The summed E-state index contributed by atoms with van der Waals surface area (Å²) in [7, 11) is 0. The van der Waals surface area contributed by atoms with Crippen molar-refractivity contribution in [2.24, 2.45) is 0 Å². The standard InChI is InChI=1S/C17H21N5O/c1-2-12-5-3-4-6-14(12)22-11-13(20-21-22)16(23)19-15-7-10-18-17(15)8-9-17/h3-6,11,15,18H,2,7-10H2,1H3,(H,19,23). The number of carbonyl (C=O) groups is 1. The Labute approximate surface area is 135 Å². The van der Waals surface area contributed by atoms with E-state index >= 15 is 0 Å². The van der Waals surface area contributed by atoms with Crippen molar-refractivity contribution < 1.29 is 4.79 Å². The first-order chi connectivity index (χ1) is 11.2. The Kier molecular flexibility index (Phi) is 3.41. The molecule has 6 nitrogen and oxygen atoms in total. The van der Waals surface area contributed by atoms with Crippen molar-refractivity contribution in [2.45, 2.75) is 44.2 Å². The third-order valence-electron chi connectivity index (χ3n) is 5.02. The second-order valence-electron chi connectivity index (χ2n) is 6.43. The molecule has 0 bridgehead atoms. The number of nitrogens with zero attached hydrogens (tertiary/aromatic N) is 3. The van der Waals surface area contributed by atoms with Crippen LogP contribution in [0, 0.1) is 0 Å². The molecule has 1 unspecified atom stereocenters. The predicted octanol–water partition coefficient (Wildman–Crippen LogP) is 1.45. The average Bonchev–Trinajstić information content (AvgIpc) is 3.02. The van der Waals surface area contributed by atoms with Gasteiger partial charge in [-0.15, -0.1) is 5.10 Å². The molecule has 2 aliphatic rings. The number of hydrogen-bond donors (Lipinski definition) is 2. The fourth-order valence-electron chi connectivity index (χ4n) is 3.49. The molecule has 1 amide bonds. The van der Waals surface area contributed by atoms with E-state index in [2.05, 4.69) is 33.9 Å². The van der Waals surface area contributed by atoms with Crippen LogP contribution in [0.25, 0.3) is 5.69 Å². The average molecular weight is 311 g/mol. The second-order valence-corrected chi connectivity index (χ2v) is 6.43. The number of aromatic nitrogens is 3. The Balaban J connectivity index is 1.52. The van der Waals surface area contributed by atoms with E-state index in [0.29, 0.717) is 5.69 Å². The van der Waals surface area contributed by atoms with Crippen LogP contribution in [0.1, 0.15) is 42.2 Å². The van der Waals surface area contributed by atoms with Crippen LogP contribution in [0.4, 0.5) is 0 Å². The van der Waals surface area contributed by atoms with Crippen molar-refractivity contribution in [1.82, 2.24) is 25.6 Å². The van der Waals surface area contributed by atoms with E-state index in [-0.39, 0.29) is 17.5 Å². The highest BCUT2D eigenvalue weighted by Gasteiger charge is 2.52. The molecule has 2 heterocycles. The lowest BCUT2D eigenvalue weighted by atomic mass is 10.1. The van der Waals surface area contributed by atoms with Gasteiger partial charge in [-0.25, -0.2) is 4.68 Å². The maximum Gasteiger partial charge on any atom is 0.273 e. The molecule has 1 aromatic heterocycles. The highest BCUT2D eigenvalue weighted by molar-refractivity contribution is 5.92. The number of para-hydroxylation sites is 1. The first-order valence-corrected chi connectivity index (χ1v) is 8.28. The van der Waals surface area contributed by atoms with Crippen molar-refractivity contribution in [3.8, 4) is 5.69 Å². The molecule has 23 heavy (non-hydrogen) atoms. The van der Waals surface area contributed by atoms with Crippen molar-refractivity contribution in [3.05, 3.63) is 41.7 Å². The van der Waals surface area contributed by atoms with E-state index in [9.17, 15) is 4.79 Å². The minimum atomic E-state index is -0.134. The van der Waals surface area contributed by atoms with E-state index in [1.54, 1.807) is 10.9 Å². The molecule has 1 aromatic carbocycles. The fraction of sp³-hybridized carbons (Fsp3) is 0.471. The molecule has 0 radical (unpaired) electrons. The number of benzene rings is 1. The maximum atomic E-state index is 12.5. The lowest BCUT2D eigenvalue weighted by Gasteiger charge is -2.18. The molecule has 2 N–H and O–H groups in total. The highest BCUT2D eigenvalue weighted by atomic mass is 16.2. The molecule has 1 aliphatic heterocycles. The number of aryl methyl sites for hydroxylation is 1. The molecule has 1 saturated carbocycles. The third-order valence-corrected chi connectivity index (χ3v) is 5.02. The summed E-state index contributed by atoms with van der Waals surface area (Å²) in [6.07, 6.45) is 5.90. The topological polar surface area (TPSA) is 71.8 Å². The molecule has 1 spiro atoms. The van der Waals surface area contributed by atoms with Crippen LogP contribution in [0.2, 0.25) is 0 Å². The van der Waals surface area contributed by atoms with Gasteiger partial charge in [-0.1, -0.05) is 30.3 Å². The Morgan fingerprint density at radius 3 is 3.04 bits per heavy atom. The van der Waals surface area contributed by atoms with Gasteiger partial charge in [0.25, 0.3) is 5.91 Å². The molecular formula is C17H21N5O. The maximum absolute atomic E-state index is 12.5. The second kappa shape index (κ2) is 5.45. The van der Waals surface area contributed by atoms with E-state index in [4.69, 9.17) is 0 Å². The number of rotatable bonds is 4. The number of carbonyl (C=O) groups excluding carboxylic acids is 1. The molecular weight excluding hydrogens is 290 g/mol. The molecule has 2 aromatic rings. The summed E-state index contributed by atoms with van der Waals surface area (Å²) in [6, 6.07) is 8.25. The summed E-state index contributed by atoms with van der Waals surface area (Å²) >= 11 is 0. The van der Waals surface area contributed by atoms with Gasteiger partial charge < -0.3 is 10.6 Å². The smallest absolute Gasteiger partial charge is 0.273 e. The summed E-state index contributed by atoms with van der Waals surface area (Å²) in [6.45, 7) is 3.08. The molecule has 6 heteroatoms. The largest absolute Gasteiger partial charge is 0.346 e. The third kappa shape index (κ3) is 2.53. The summed E-state index contributed by atoms with van der Waals surface area (Å²) < 4.78 is 1.69. The van der Waals surface area contributed by atoms with Gasteiger partial charge in [0, 0.05) is 11.6 Å². The van der Waals surface area contributed by atoms with Gasteiger partial charge in [0.1, 0.15) is 0 Å². The summed E-state index contributed by atoms with van der Waals surface area (Å²) in [5.41, 5.74) is 2.68. The molecule has 4 rings (SSSR count). The first-order valence-electron chi connectivity index (χ1n) is 8.28. The zero-order valence-corrected chi connectivity index (χ0v) is 13.2. The first kappa shape index (κ1) is 14.4. The summed E-state index contributed by atoms with van der Waals surface area (Å²) in [5.74, 6) is -0.134.